The largest absolute Gasteiger partial charge is 0.481 e. The lowest BCUT2D eigenvalue weighted by Crippen LogP contribution is -2.40. The van der Waals surface area contributed by atoms with Crippen LogP contribution in [0.3, 0.4) is 0 Å². The monoisotopic (exact) mass is 377 g/mol. The molecule has 26 heavy (non-hydrogen) atoms. The molecule has 3 rings (SSSR count). The van der Waals surface area contributed by atoms with E-state index in [2.05, 4.69) is 15.5 Å². The number of halogens is 1. The average Bonchev–Trinajstić information content (AvgIpc) is 3.25. The minimum absolute atomic E-state index is 0.138. The van der Waals surface area contributed by atoms with Crippen molar-refractivity contribution in [2.24, 2.45) is 5.92 Å². The van der Waals surface area contributed by atoms with E-state index in [9.17, 15) is 9.59 Å². The SMILES string of the molecule is O=C(CCCc1nc(-c2ccc(Cl)cc2)no1)N[C@H]1CCC[C@H]1C(=O)O. The summed E-state index contributed by atoms with van der Waals surface area (Å²) in [5, 5.41) is 16.5. The molecule has 1 fully saturated rings. The van der Waals surface area contributed by atoms with Gasteiger partial charge in [-0.05, 0) is 43.5 Å². The standard InChI is InChI=1S/C18H20ClN3O4/c19-12-9-7-11(8-10-12)17-21-16(26-22-17)6-2-5-15(23)20-14-4-1-3-13(14)18(24)25/h7-10,13-14H,1-6H2,(H,20,23)(H,24,25)/t13-,14+/m1/s1. The van der Waals surface area contributed by atoms with Gasteiger partial charge in [-0.3, -0.25) is 9.59 Å². The van der Waals surface area contributed by atoms with Crippen LogP contribution in [-0.4, -0.2) is 33.2 Å². The molecule has 2 atom stereocenters. The highest BCUT2D eigenvalue weighted by molar-refractivity contribution is 6.30. The number of benzene rings is 1. The third-order valence-electron chi connectivity index (χ3n) is 4.54. The predicted octanol–water partition coefficient (Wildman–Crippen LogP) is 3.08. The summed E-state index contributed by atoms with van der Waals surface area (Å²) in [7, 11) is 0. The molecule has 1 saturated carbocycles. The molecule has 0 spiro atoms. The van der Waals surface area contributed by atoms with Gasteiger partial charge in [-0.25, -0.2) is 0 Å². The van der Waals surface area contributed by atoms with E-state index in [1.807, 2.05) is 12.1 Å². The Morgan fingerprint density at radius 2 is 2.04 bits per heavy atom. The third kappa shape index (κ3) is 4.60. The molecule has 2 N–H and O–H groups in total. The molecule has 0 unspecified atom stereocenters. The minimum atomic E-state index is -0.839. The molecule has 0 aliphatic heterocycles. The van der Waals surface area contributed by atoms with E-state index < -0.39 is 11.9 Å². The zero-order chi connectivity index (χ0) is 18.5. The van der Waals surface area contributed by atoms with E-state index in [1.165, 1.54) is 0 Å². The summed E-state index contributed by atoms with van der Waals surface area (Å²) in [4.78, 5) is 27.5. The van der Waals surface area contributed by atoms with Crippen LogP contribution in [-0.2, 0) is 16.0 Å². The zero-order valence-electron chi connectivity index (χ0n) is 14.2. The van der Waals surface area contributed by atoms with Gasteiger partial charge in [-0.15, -0.1) is 0 Å². The van der Waals surface area contributed by atoms with E-state index in [4.69, 9.17) is 21.2 Å². The Hall–Kier alpha value is -2.41. The smallest absolute Gasteiger partial charge is 0.308 e. The van der Waals surface area contributed by atoms with Gasteiger partial charge in [0.15, 0.2) is 0 Å². The molecule has 1 aliphatic carbocycles. The fraction of sp³-hybridized carbons (Fsp3) is 0.444. The number of carboxylic acid groups (broad SMARTS) is 1. The number of carbonyl (C=O) groups excluding carboxylic acids is 1. The number of nitrogens with one attached hydrogen (secondary N) is 1. The van der Waals surface area contributed by atoms with Gasteiger partial charge in [0.2, 0.25) is 17.6 Å². The van der Waals surface area contributed by atoms with Crippen LogP contribution in [0.2, 0.25) is 5.02 Å². The Labute approximate surface area is 155 Å². The van der Waals surface area contributed by atoms with Crippen molar-refractivity contribution >= 4 is 23.5 Å². The second-order valence-electron chi connectivity index (χ2n) is 6.42. The topological polar surface area (TPSA) is 105 Å². The number of aliphatic carboxylic acids is 1. The summed E-state index contributed by atoms with van der Waals surface area (Å²) in [6, 6.07) is 6.87. The van der Waals surface area contributed by atoms with Crippen molar-refractivity contribution in [3.05, 3.63) is 35.2 Å². The van der Waals surface area contributed by atoms with Crippen LogP contribution >= 0.6 is 11.6 Å². The number of aromatic nitrogens is 2. The fourth-order valence-corrected chi connectivity index (χ4v) is 3.31. The van der Waals surface area contributed by atoms with E-state index in [0.717, 1.165) is 18.4 Å². The molecule has 1 amide bonds. The van der Waals surface area contributed by atoms with Crippen LogP contribution in [0.25, 0.3) is 11.4 Å². The van der Waals surface area contributed by atoms with Gasteiger partial charge in [0.25, 0.3) is 0 Å². The average molecular weight is 378 g/mol. The van der Waals surface area contributed by atoms with Crippen molar-refractivity contribution in [2.45, 2.75) is 44.6 Å². The summed E-state index contributed by atoms with van der Waals surface area (Å²) in [5.74, 6) is -0.505. The lowest BCUT2D eigenvalue weighted by molar-refractivity contribution is -0.142. The molecule has 1 aromatic carbocycles. The number of hydrogen-bond donors (Lipinski definition) is 2. The number of carbonyl (C=O) groups is 2. The fourth-order valence-electron chi connectivity index (χ4n) is 3.18. The summed E-state index contributed by atoms with van der Waals surface area (Å²) < 4.78 is 5.21. The van der Waals surface area contributed by atoms with E-state index in [1.54, 1.807) is 12.1 Å². The lowest BCUT2D eigenvalue weighted by Gasteiger charge is -2.17. The van der Waals surface area contributed by atoms with Gasteiger partial charge in [0, 0.05) is 29.5 Å². The van der Waals surface area contributed by atoms with Gasteiger partial charge in [0.1, 0.15) is 0 Å². The Bertz CT molecular complexity index is 775. The lowest BCUT2D eigenvalue weighted by atomic mass is 10.0. The molecular weight excluding hydrogens is 358 g/mol. The third-order valence-corrected chi connectivity index (χ3v) is 4.80. The second kappa shape index (κ2) is 8.31. The Kier molecular flexibility index (Phi) is 5.88. The Morgan fingerprint density at radius 1 is 1.27 bits per heavy atom. The number of aryl methyl sites for hydroxylation is 1. The zero-order valence-corrected chi connectivity index (χ0v) is 14.9. The van der Waals surface area contributed by atoms with Crippen LogP contribution in [0.1, 0.15) is 38.0 Å². The number of carboxylic acids is 1. The number of hydrogen-bond acceptors (Lipinski definition) is 5. The second-order valence-corrected chi connectivity index (χ2v) is 6.86. The predicted molar refractivity (Wildman–Crippen MR) is 94.6 cm³/mol. The highest BCUT2D eigenvalue weighted by atomic mass is 35.5. The molecule has 7 nitrogen and oxygen atoms in total. The first kappa shape index (κ1) is 18.4. The molecule has 1 aliphatic rings. The molecule has 2 aromatic rings. The number of nitrogens with zero attached hydrogens (tertiary/aromatic N) is 2. The number of amides is 1. The van der Waals surface area contributed by atoms with Crippen molar-refractivity contribution in [2.75, 3.05) is 0 Å². The van der Waals surface area contributed by atoms with Gasteiger partial charge in [0.05, 0.1) is 5.92 Å². The van der Waals surface area contributed by atoms with E-state index >= 15 is 0 Å². The van der Waals surface area contributed by atoms with Crippen LogP contribution in [0.15, 0.2) is 28.8 Å². The molecule has 0 saturated heterocycles. The first-order chi connectivity index (χ1) is 12.5. The normalized spacial score (nSPS) is 19.4. The highest BCUT2D eigenvalue weighted by Gasteiger charge is 2.33. The van der Waals surface area contributed by atoms with Crippen molar-refractivity contribution in [1.29, 1.82) is 0 Å². The van der Waals surface area contributed by atoms with Crippen LogP contribution in [0, 0.1) is 5.92 Å². The summed E-state index contributed by atoms with van der Waals surface area (Å²) in [6.45, 7) is 0. The van der Waals surface area contributed by atoms with Crippen molar-refractivity contribution in [1.82, 2.24) is 15.5 Å². The first-order valence-electron chi connectivity index (χ1n) is 8.63. The van der Waals surface area contributed by atoms with Crippen molar-refractivity contribution in [3.8, 4) is 11.4 Å². The molecule has 1 heterocycles. The molecule has 8 heteroatoms. The summed E-state index contributed by atoms with van der Waals surface area (Å²) >= 11 is 5.85. The van der Waals surface area contributed by atoms with E-state index in [0.29, 0.717) is 42.4 Å². The first-order valence-corrected chi connectivity index (χ1v) is 9.01. The van der Waals surface area contributed by atoms with Gasteiger partial charge in [-0.2, -0.15) is 4.98 Å². The van der Waals surface area contributed by atoms with E-state index in [-0.39, 0.29) is 11.9 Å². The molecule has 138 valence electrons. The number of rotatable bonds is 7. The molecule has 0 bridgehead atoms. The molecular formula is C18H20ClN3O4. The molecule has 1 aromatic heterocycles. The van der Waals surface area contributed by atoms with Crippen LogP contribution in [0.4, 0.5) is 0 Å². The Balaban J connectivity index is 1.45. The van der Waals surface area contributed by atoms with Crippen LogP contribution < -0.4 is 5.32 Å². The van der Waals surface area contributed by atoms with Gasteiger partial charge < -0.3 is 14.9 Å². The summed E-state index contributed by atoms with van der Waals surface area (Å²) in [5.41, 5.74) is 0.808. The molecule has 0 radical (unpaired) electrons. The van der Waals surface area contributed by atoms with Crippen molar-refractivity contribution in [3.63, 3.8) is 0 Å². The van der Waals surface area contributed by atoms with Gasteiger partial charge >= 0.3 is 5.97 Å². The minimum Gasteiger partial charge on any atom is -0.481 e. The maximum Gasteiger partial charge on any atom is 0.308 e. The Morgan fingerprint density at radius 3 is 2.77 bits per heavy atom. The highest BCUT2D eigenvalue weighted by Crippen LogP contribution is 2.26. The quantitative estimate of drug-likeness (QED) is 0.768. The summed E-state index contributed by atoms with van der Waals surface area (Å²) in [6.07, 6.45) is 3.50. The van der Waals surface area contributed by atoms with Crippen molar-refractivity contribution < 1.29 is 19.2 Å². The van der Waals surface area contributed by atoms with Crippen LogP contribution in [0.5, 0.6) is 0 Å². The van der Waals surface area contributed by atoms with Gasteiger partial charge in [-0.1, -0.05) is 23.2 Å². The maximum absolute atomic E-state index is 12.0. The maximum atomic E-state index is 12.0.